The van der Waals surface area contributed by atoms with Crippen LogP contribution in [0.2, 0.25) is 0 Å². The molecule has 3 rings (SSSR count). The number of ether oxygens (including phenoxy) is 2. The van der Waals surface area contributed by atoms with Crippen molar-refractivity contribution in [1.82, 2.24) is 0 Å². The highest BCUT2D eigenvalue weighted by atomic mass is 16.8. The Labute approximate surface area is 138 Å². The van der Waals surface area contributed by atoms with Gasteiger partial charge in [0.05, 0.1) is 6.04 Å². The molecule has 1 aromatic carbocycles. The van der Waals surface area contributed by atoms with Crippen LogP contribution in [0.1, 0.15) is 39.2 Å². The molecule has 2 aliphatic heterocycles. The SMILES string of the molecule is C=CC1OC(C)(C)OC1C1CCC(C)[N+]1([O-])Cc1ccccc1. The van der Waals surface area contributed by atoms with Gasteiger partial charge in [0.2, 0.25) is 0 Å². The van der Waals surface area contributed by atoms with Crippen molar-refractivity contribution in [2.45, 2.75) is 70.2 Å². The molecule has 2 fully saturated rings. The van der Waals surface area contributed by atoms with E-state index in [2.05, 4.69) is 13.5 Å². The fourth-order valence-electron chi connectivity index (χ4n) is 4.03. The van der Waals surface area contributed by atoms with Crippen molar-refractivity contribution < 1.29 is 14.1 Å². The van der Waals surface area contributed by atoms with E-state index in [1.165, 1.54) is 0 Å². The summed E-state index contributed by atoms with van der Waals surface area (Å²) in [4.78, 5) is 0. The van der Waals surface area contributed by atoms with Gasteiger partial charge in [0, 0.05) is 18.4 Å². The average Bonchev–Trinajstić information content (AvgIpc) is 2.97. The number of nitrogens with zero attached hydrogens (tertiary/aromatic N) is 1. The molecule has 2 heterocycles. The number of quaternary nitrogens is 1. The molecule has 4 nitrogen and oxygen atoms in total. The molecule has 0 aromatic heterocycles. The molecule has 0 bridgehead atoms. The lowest BCUT2D eigenvalue weighted by Crippen LogP contribution is -2.56. The average molecular weight is 317 g/mol. The second-order valence-electron chi connectivity index (χ2n) is 7.29. The summed E-state index contributed by atoms with van der Waals surface area (Å²) in [7, 11) is 0. The van der Waals surface area contributed by atoms with E-state index < -0.39 is 5.79 Å². The first-order valence-corrected chi connectivity index (χ1v) is 8.46. The van der Waals surface area contributed by atoms with Crippen LogP contribution in [0.5, 0.6) is 0 Å². The van der Waals surface area contributed by atoms with Gasteiger partial charge in [-0.05, 0) is 20.8 Å². The molecule has 1 aromatic rings. The molecule has 2 aliphatic rings. The van der Waals surface area contributed by atoms with Crippen LogP contribution in [-0.4, -0.2) is 34.7 Å². The summed E-state index contributed by atoms with van der Waals surface area (Å²) < 4.78 is 11.8. The summed E-state index contributed by atoms with van der Waals surface area (Å²) >= 11 is 0. The monoisotopic (exact) mass is 317 g/mol. The maximum absolute atomic E-state index is 13.8. The molecular weight excluding hydrogens is 290 g/mol. The molecule has 0 saturated carbocycles. The van der Waals surface area contributed by atoms with E-state index in [-0.39, 0.29) is 28.9 Å². The van der Waals surface area contributed by atoms with E-state index >= 15 is 0 Å². The highest BCUT2D eigenvalue weighted by Gasteiger charge is 2.53. The summed E-state index contributed by atoms with van der Waals surface area (Å²) in [5.41, 5.74) is 1.08. The van der Waals surface area contributed by atoms with Crippen LogP contribution in [0.15, 0.2) is 43.0 Å². The lowest BCUT2D eigenvalue weighted by atomic mass is 10.0. The van der Waals surface area contributed by atoms with Crippen LogP contribution < -0.4 is 0 Å². The highest BCUT2D eigenvalue weighted by Crippen LogP contribution is 2.42. The van der Waals surface area contributed by atoms with Gasteiger partial charge in [-0.1, -0.05) is 36.4 Å². The number of hydrogen-bond donors (Lipinski definition) is 0. The normalized spacial score (nSPS) is 39.5. The molecule has 5 unspecified atom stereocenters. The Morgan fingerprint density at radius 2 is 1.96 bits per heavy atom. The molecule has 0 radical (unpaired) electrons. The van der Waals surface area contributed by atoms with Gasteiger partial charge in [-0.15, -0.1) is 6.58 Å². The van der Waals surface area contributed by atoms with E-state index in [9.17, 15) is 5.21 Å². The standard InChI is InChI=1S/C19H27NO3/c1-5-17-18(23-19(3,4)22-17)16-12-11-14(2)20(16,21)13-15-9-7-6-8-10-15/h5-10,14,16-18H,1,11-13H2,2-4H3. The van der Waals surface area contributed by atoms with Gasteiger partial charge >= 0.3 is 0 Å². The third-order valence-electron chi connectivity index (χ3n) is 5.24. The van der Waals surface area contributed by atoms with Crippen molar-refractivity contribution in [3.05, 3.63) is 53.8 Å². The highest BCUT2D eigenvalue weighted by molar-refractivity contribution is 5.14. The Morgan fingerprint density at radius 1 is 1.26 bits per heavy atom. The quantitative estimate of drug-likeness (QED) is 0.482. The second-order valence-corrected chi connectivity index (χ2v) is 7.29. The summed E-state index contributed by atoms with van der Waals surface area (Å²) in [6.07, 6.45) is 3.11. The molecule has 23 heavy (non-hydrogen) atoms. The minimum Gasteiger partial charge on any atom is -0.632 e. The predicted molar refractivity (Wildman–Crippen MR) is 90.3 cm³/mol. The minimum atomic E-state index is -0.660. The maximum atomic E-state index is 13.8. The van der Waals surface area contributed by atoms with E-state index in [0.717, 1.165) is 18.4 Å². The molecule has 4 heteroatoms. The van der Waals surface area contributed by atoms with Crippen LogP contribution in [0, 0.1) is 5.21 Å². The van der Waals surface area contributed by atoms with Gasteiger partial charge in [0.15, 0.2) is 5.79 Å². The summed E-state index contributed by atoms with van der Waals surface area (Å²) in [5, 5.41) is 13.8. The smallest absolute Gasteiger partial charge is 0.164 e. The van der Waals surface area contributed by atoms with Crippen LogP contribution >= 0.6 is 0 Å². The number of benzene rings is 1. The lowest BCUT2D eigenvalue weighted by Gasteiger charge is -2.49. The van der Waals surface area contributed by atoms with Crippen molar-refractivity contribution in [1.29, 1.82) is 0 Å². The van der Waals surface area contributed by atoms with E-state index in [0.29, 0.717) is 6.54 Å². The summed E-state index contributed by atoms with van der Waals surface area (Å²) in [6.45, 7) is 10.2. The minimum absolute atomic E-state index is 0.0676. The Bertz CT molecular complexity index is 559. The Hall–Kier alpha value is -1.20. The first kappa shape index (κ1) is 16.7. The van der Waals surface area contributed by atoms with Gasteiger partial charge in [-0.3, -0.25) is 0 Å². The number of hydroxylamine groups is 3. The third-order valence-corrected chi connectivity index (χ3v) is 5.24. The second kappa shape index (κ2) is 6.02. The van der Waals surface area contributed by atoms with E-state index in [1.807, 2.05) is 44.2 Å². The van der Waals surface area contributed by atoms with Crippen molar-refractivity contribution in [3.63, 3.8) is 0 Å². The third kappa shape index (κ3) is 3.09. The number of hydrogen-bond acceptors (Lipinski definition) is 3. The predicted octanol–water partition coefficient (Wildman–Crippen LogP) is 3.76. The molecule has 0 spiro atoms. The lowest BCUT2D eigenvalue weighted by molar-refractivity contribution is -0.930. The van der Waals surface area contributed by atoms with Gasteiger partial charge in [0.1, 0.15) is 24.8 Å². The Kier molecular flexibility index (Phi) is 4.36. The zero-order valence-corrected chi connectivity index (χ0v) is 14.3. The fourth-order valence-corrected chi connectivity index (χ4v) is 4.03. The Balaban J connectivity index is 1.87. The van der Waals surface area contributed by atoms with Gasteiger partial charge in [-0.2, -0.15) is 0 Å². The molecule has 5 atom stereocenters. The van der Waals surface area contributed by atoms with Crippen LogP contribution in [0.4, 0.5) is 0 Å². The summed E-state index contributed by atoms with van der Waals surface area (Å²) in [6, 6.07) is 9.97. The van der Waals surface area contributed by atoms with Crippen LogP contribution in [0.25, 0.3) is 0 Å². The molecule has 0 aliphatic carbocycles. The van der Waals surface area contributed by atoms with E-state index in [1.54, 1.807) is 6.08 Å². The van der Waals surface area contributed by atoms with Crippen molar-refractivity contribution in [2.75, 3.05) is 0 Å². The molecule has 0 amide bonds. The Morgan fingerprint density at radius 3 is 2.61 bits per heavy atom. The fraction of sp³-hybridized carbons (Fsp3) is 0.579. The molecular formula is C19H27NO3. The van der Waals surface area contributed by atoms with Crippen molar-refractivity contribution >= 4 is 0 Å². The van der Waals surface area contributed by atoms with Gasteiger partial charge in [0.25, 0.3) is 0 Å². The van der Waals surface area contributed by atoms with Gasteiger partial charge < -0.3 is 19.3 Å². The molecule has 126 valence electrons. The molecule has 0 N–H and O–H groups in total. The van der Waals surface area contributed by atoms with Crippen molar-refractivity contribution in [2.24, 2.45) is 0 Å². The van der Waals surface area contributed by atoms with Crippen LogP contribution in [0.3, 0.4) is 0 Å². The van der Waals surface area contributed by atoms with Crippen molar-refractivity contribution in [3.8, 4) is 0 Å². The zero-order chi connectivity index (χ0) is 16.7. The first-order chi connectivity index (χ1) is 10.9. The number of rotatable bonds is 4. The topological polar surface area (TPSA) is 41.5 Å². The molecule has 2 saturated heterocycles. The largest absolute Gasteiger partial charge is 0.632 e. The maximum Gasteiger partial charge on any atom is 0.164 e. The van der Waals surface area contributed by atoms with E-state index in [4.69, 9.17) is 9.47 Å². The zero-order valence-electron chi connectivity index (χ0n) is 14.3. The van der Waals surface area contributed by atoms with Crippen LogP contribution in [-0.2, 0) is 16.0 Å². The summed E-state index contributed by atoms with van der Waals surface area (Å²) in [5.74, 6) is -0.660. The number of likely N-dealkylation sites (tertiary alicyclic amines) is 1. The van der Waals surface area contributed by atoms with Gasteiger partial charge in [-0.25, -0.2) is 0 Å². The first-order valence-electron chi connectivity index (χ1n) is 8.46.